The molecule has 2 heteroatoms. The minimum Gasteiger partial charge on any atom is -0.325 e. The van der Waals surface area contributed by atoms with Crippen LogP contribution >= 0.6 is 15.9 Å². The van der Waals surface area contributed by atoms with Crippen molar-refractivity contribution in [1.29, 1.82) is 0 Å². The van der Waals surface area contributed by atoms with E-state index in [2.05, 4.69) is 33.8 Å². The Balaban J connectivity index is 2.88. The normalized spacial score (nSPS) is 9.56. The summed E-state index contributed by atoms with van der Waals surface area (Å²) >= 11 is 3.36. The van der Waals surface area contributed by atoms with E-state index in [9.17, 15) is 0 Å². The van der Waals surface area contributed by atoms with E-state index in [0.29, 0.717) is 0 Å². The van der Waals surface area contributed by atoms with E-state index in [1.165, 1.54) is 5.56 Å². The Morgan fingerprint density at radius 2 is 1.78 bits per heavy atom. The third kappa shape index (κ3) is 1.80. The van der Waals surface area contributed by atoms with Crippen LogP contribution in [0.25, 0.3) is 0 Å². The Hall–Kier alpha value is -0.340. The van der Waals surface area contributed by atoms with Gasteiger partial charge in [0.05, 0.1) is 0 Å². The molecule has 1 rings (SSSR count). The Labute approximate surface area is 63.0 Å². The molecule has 0 aromatic heterocycles. The maximum atomic E-state index is 3.78. The van der Waals surface area contributed by atoms with E-state index < -0.39 is 0 Å². The standard InChI is InChI=1S/C7H8BrN/c8-5-6-1-3-7(9)4-2-6/h1-4H,5,9H2/p+1. The molecule has 1 aromatic carbocycles. The number of quaternary nitrogens is 1. The summed E-state index contributed by atoms with van der Waals surface area (Å²) in [5.41, 5.74) is 6.14. The maximum absolute atomic E-state index is 3.78. The fourth-order valence-electron chi connectivity index (χ4n) is 0.628. The van der Waals surface area contributed by atoms with Gasteiger partial charge >= 0.3 is 0 Å². The van der Waals surface area contributed by atoms with Crippen LogP contribution in [0.4, 0.5) is 5.69 Å². The lowest BCUT2D eigenvalue weighted by Gasteiger charge is -1.91. The molecule has 1 aromatic rings. The molecule has 3 N–H and O–H groups in total. The zero-order valence-corrected chi connectivity index (χ0v) is 6.69. The average Bonchev–Trinajstić information content (AvgIpc) is 1.90. The first-order valence-electron chi connectivity index (χ1n) is 2.80. The summed E-state index contributed by atoms with van der Waals surface area (Å²) in [6.45, 7) is 0. The van der Waals surface area contributed by atoms with Crippen LogP contribution < -0.4 is 5.73 Å². The van der Waals surface area contributed by atoms with Gasteiger partial charge in [0.2, 0.25) is 0 Å². The van der Waals surface area contributed by atoms with Crippen molar-refractivity contribution in [3.05, 3.63) is 29.8 Å². The molecule has 0 radical (unpaired) electrons. The number of hydrogen-bond acceptors (Lipinski definition) is 0. The predicted molar refractivity (Wildman–Crippen MR) is 41.6 cm³/mol. The number of alkyl halides is 1. The zero-order valence-electron chi connectivity index (χ0n) is 5.10. The first-order valence-corrected chi connectivity index (χ1v) is 3.92. The van der Waals surface area contributed by atoms with Gasteiger partial charge in [-0.05, 0) is 17.7 Å². The number of rotatable bonds is 1. The van der Waals surface area contributed by atoms with E-state index in [4.69, 9.17) is 0 Å². The molecule has 9 heavy (non-hydrogen) atoms. The summed E-state index contributed by atoms with van der Waals surface area (Å²) in [5.74, 6) is 0. The quantitative estimate of drug-likeness (QED) is 0.644. The van der Waals surface area contributed by atoms with Crippen molar-refractivity contribution < 1.29 is 5.73 Å². The molecule has 48 valence electrons. The van der Waals surface area contributed by atoms with Crippen molar-refractivity contribution >= 4 is 21.6 Å². The Bertz CT molecular complexity index is 181. The highest BCUT2D eigenvalue weighted by atomic mass is 79.9. The van der Waals surface area contributed by atoms with Gasteiger partial charge in [0, 0.05) is 5.33 Å². The van der Waals surface area contributed by atoms with Gasteiger partial charge in [0.15, 0.2) is 0 Å². The number of benzene rings is 1. The van der Waals surface area contributed by atoms with Crippen LogP contribution in [-0.2, 0) is 5.33 Å². The van der Waals surface area contributed by atoms with Gasteiger partial charge in [0.1, 0.15) is 5.69 Å². The summed E-state index contributed by atoms with van der Waals surface area (Å²) in [4.78, 5) is 0. The largest absolute Gasteiger partial charge is 0.325 e. The second-order valence-electron chi connectivity index (χ2n) is 1.95. The summed E-state index contributed by atoms with van der Waals surface area (Å²) in [7, 11) is 0. The Morgan fingerprint density at radius 3 is 2.22 bits per heavy atom. The molecule has 0 saturated carbocycles. The van der Waals surface area contributed by atoms with Gasteiger partial charge in [-0.15, -0.1) is 0 Å². The Kier molecular flexibility index (Phi) is 2.25. The summed E-state index contributed by atoms with van der Waals surface area (Å²) in [6, 6.07) is 8.15. The van der Waals surface area contributed by atoms with Crippen molar-refractivity contribution in [3.8, 4) is 0 Å². The van der Waals surface area contributed by atoms with Crippen LogP contribution in [0.2, 0.25) is 0 Å². The minimum absolute atomic E-state index is 0.924. The van der Waals surface area contributed by atoms with E-state index in [-0.39, 0.29) is 0 Å². The van der Waals surface area contributed by atoms with E-state index in [1.54, 1.807) is 0 Å². The molecule has 0 aliphatic rings. The molecule has 1 nitrogen and oxygen atoms in total. The zero-order chi connectivity index (χ0) is 6.69. The molecule has 0 fully saturated rings. The van der Waals surface area contributed by atoms with E-state index >= 15 is 0 Å². The number of halogens is 1. The fourth-order valence-corrected chi connectivity index (χ4v) is 1.00. The Morgan fingerprint density at radius 1 is 1.22 bits per heavy atom. The van der Waals surface area contributed by atoms with E-state index in [1.807, 2.05) is 12.1 Å². The van der Waals surface area contributed by atoms with E-state index in [0.717, 1.165) is 11.0 Å². The first-order chi connectivity index (χ1) is 4.33. The van der Waals surface area contributed by atoms with Gasteiger partial charge < -0.3 is 5.73 Å². The molecule has 0 spiro atoms. The fraction of sp³-hybridized carbons (Fsp3) is 0.143. The monoisotopic (exact) mass is 186 g/mol. The highest BCUT2D eigenvalue weighted by molar-refractivity contribution is 9.08. The van der Waals surface area contributed by atoms with Crippen LogP contribution in [0.5, 0.6) is 0 Å². The SMILES string of the molecule is [NH3+]c1ccc(CBr)cc1. The summed E-state index contributed by atoms with van der Waals surface area (Å²) < 4.78 is 0. The van der Waals surface area contributed by atoms with Crippen molar-refractivity contribution in [2.75, 3.05) is 0 Å². The molecule has 0 atom stereocenters. The molecule has 0 saturated heterocycles. The third-order valence-electron chi connectivity index (χ3n) is 1.18. The smallest absolute Gasteiger partial charge is 0.127 e. The molecule has 0 amide bonds. The van der Waals surface area contributed by atoms with Gasteiger partial charge in [-0.3, -0.25) is 0 Å². The highest BCUT2D eigenvalue weighted by Crippen LogP contribution is 2.06. The lowest BCUT2D eigenvalue weighted by molar-refractivity contribution is -0.254. The first kappa shape index (κ1) is 6.78. The molecular formula is C7H9BrN+. The molecule has 0 bridgehead atoms. The van der Waals surface area contributed by atoms with Gasteiger partial charge in [-0.1, -0.05) is 28.1 Å². The van der Waals surface area contributed by atoms with Crippen molar-refractivity contribution in [3.63, 3.8) is 0 Å². The molecular weight excluding hydrogens is 178 g/mol. The summed E-state index contributed by atoms with van der Waals surface area (Å²) in [6.07, 6.45) is 0. The van der Waals surface area contributed by atoms with Crippen LogP contribution in [0, 0.1) is 0 Å². The van der Waals surface area contributed by atoms with Crippen LogP contribution in [-0.4, -0.2) is 0 Å². The van der Waals surface area contributed by atoms with Crippen molar-refractivity contribution in [2.45, 2.75) is 5.33 Å². The predicted octanol–water partition coefficient (Wildman–Crippen LogP) is 1.45. The van der Waals surface area contributed by atoms with Crippen LogP contribution in [0.1, 0.15) is 5.56 Å². The summed E-state index contributed by atoms with van der Waals surface area (Å²) in [5, 5.41) is 0.924. The lowest BCUT2D eigenvalue weighted by Crippen LogP contribution is -2.39. The lowest BCUT2D eigenvalue weighted by atomic mass is 10.2. The van der Waals surface area contributed by atoms with Gasteiger partial charge in [-0.25, -0.2) is 0 Å². The molecule has 0 aliphatic carbocycles. The average molecular weight is 187 g/mol. The van der Waals surface area contributed by atoms with Crippen LogP contribution in [0.15, 0.2) is 24.3 Å². The topological polar surface area (TPSA) is 27.6 Å². The molecule has 0 heterocycles. The highest BCUT2D eigenvalue weighted by Gasteiger charge is 1.88. The molecule has 0 unspecified atom stereocenters. The maximum Gasteiger partial charge on any atom is 0.127 e. The van der Waals surface area contributed by atoms with Crippen molar-refractivity contribution in [2.24, 2.45) is 0 Å². The molecule has 0 aliphatic heterocycles. The number of hydrogen-bond donors (Lipinski definition) is 1. The second-order valence-corrected chi connectivity index (χ2v) is 2.51. The van der Waals surface area contributed by atoms with Crippen molar-refractivity contribution in [1.82, 2.24) is 0 Å². The van der Waals surface area contributed by atoms with Crippen LogP contribution in [0.3, 0.4) is 0 Å². The minimum atomic E-state index is 0.924. The van der Waals surface area contributed by atoms with Gasteiger partial charge in [-0.2, -0.15) is 0 Å². The second kappa shape index (κ2) is 2.99. The van der Waals surface area contributed by atoms with Gasteiger partial charge in [0.25, 0.3) is 0 Å². The third-order valence-corrected chi connectivity index (χ3v) is 1.82.